The summed E-state index contributed by atoms with van der Waals surface area (Å²) < 4.78 is 4.74. The Labute approximate surface area is 138 Å². The van der Waals surface area contributed by atoms with Crippen LogP contribution in [0.5, 0.6) is 0 Å². The first-order valence-corrected chi connectivity index (χ1v) is 8.54. The van der Waals surface area contributed by atoms with Gasteiger partial charge in [0.25, 0.3) is 0 Å². The van der Waals surface area contributed by atoms with Crippen molar-refractivity contribution in [1.82, 2.24) is 10.2 Å². The van der Waals surface area contributed by atoms with Gasteiger partial charge < -0.3 is 15.0 Å². The summed E-state index contributed by atoms with van der Waals surface area (Å²) in [5, 5.41) is 2.70. The minimum absolute atomic E-state index is 0.0676. The quantitative estimate of drug-likeness (QED) is 0.689. The minimum atomic E-state index is -0.368. The van der Waals surface area contributed by atoms with E-state index in [0.29, 0.717) is 32.0 Å². The van der Waals surface area contributed by atoms with Crippen molar-refractivity contribution in [2.45, 2.75) is 52.4 Å². The number of nitrogens with one attached hydrogen (secondary N) is 1. The fraction of sp³-hybridized carbons (Fsp3) is 0.824. The summed E-state index contributed by atoms with van der Waals surface area (Å²) in [6.45, 7) is 4.36. The molecule has 0 radical (unpaired) electrons. The number of hydrogen-bond donors (Lipinski definition) is 1. The van der Waals surface area contributed by atoms with Crippen LogP contribution in [0.3, 0.4) is 0 Å². The van der Waals surface area contributed by atoms with Gasteiger partial charge in [-0.2, -0.15) is 0 Å². The predicted octanol–water partition coefficient (Wildman–Crippen LogP) is 1.73. The number of nitrogens with zero attached hydrogens (tertiary/aromatic N) is 1. The molecule has 0 spiro atoms. The van der Waals surface area contributed by atoms with Crippen LogP contribution >= 0.6 is 0 Å². The third-order valence-corrected chi connectivity index (χ3v) is 4.39. The molecular weight excluding hydrogens is 296 g/mol. The summed E-state index contributed by atoms with van der Waals surface area (Å²) >= 11 is 0. The number of methoxy groups -OCH3 is 1. The Balaban J connectivity index is 2.57. The number of rotatable bonds is 8. The van der Waals surface area contributed by atoms with E-state index in [-0.39, 0.29) is 23.7 Å². The molecule has 0 aromatic rings. The van der Waals surface area contributed by atoms with Crippen molar-refractivity contribution in [1.29, 1.82) is 0 Å². The fourth-order valence-corrected chi connectivity index (χ4v) is 3.06. The van der Waals surface area contributed by atoms with E-state index < -0.39 is 0 Å². The molecule has 0 aromatic carbocycles. The van der Waals surface area contributed by atoms with Gasteiger partial charge in [-0.05, 0) is 18.8 Å². The van der Waals surface area contributed by atoms with Crippen LogP contribution in [0.25, 0.3) is 0 Å². The van der Waals surface area contributed by atoms with Gasteiger partial charge in [0, 0.05) is 33.0 Å². The lowest BCUT2D eigenvalue weighted by Gasteiger charge is -2.28. The van der Waals surface area contributed by atoms with E-state index in [4.69, 9.17) is 4.74 Å². The maximum Gasteiger partial charge on any atom is 0.310 e. The number of carbonyl (C=O) groups excluding carboxylic acids is 3. The molecule has 23 heavy (non-hydrogen) atoms. The molecule has 6 heteroatoms. The highest BCUT2D eigenvalue weighted by Gasteiger charge is 2.24. The van der Waals surface area contributed by atoms with Gasteiger partial charge >= 0.3 is 5.97 Å². The van der Waals surface area contributed by atoms with Crippen LogP contribution in [-0.4, -0.2) is 49.4 Å². The maximum absolute atomic E-state index is 12.6. The molecule has 0 aromatic heterocycles. The molecule has 1 unspecified atom stereocenters. The molecule has 132 valence electrons. The highest BCUT2D eigenvalue weighted by molar-refractivity contribution is 5.78. The van der Waals surface area contributed by atoms with Crippen molar-refractivity contribution in [3.05, 3.63) is 0 Å². The van der Waals surface area contributed by atoms with E-state index in [1.54, 1.807) is 11.8 Å². The van der Waals surface area contributed by atoms with Gasteiger partial charge in [0.15, 0.2) is 0 Å². The highest BCUT2D eigenvalue weighted by atomic mass is 16.5. The third-order valence-electron chi connectivity index (χ3n) is 4.39. The number of carbonyl (C=O) groups is 3. The van der Waals surface area contributed by atoms with Crippen molar-refractivity contribution < 1.29 is 19.1 Å². The second-order valence-electron chi connectivity index (χ2n) is 6.46. The molecule has 0 heterocycles. The molecule has 1 aliphatic rings. The molecule has 0 saturated heterocycles. The summed E-state index contributed by atoms with van der Waals surface area (Å²) in [5.74, 6) is -0.288. The molecule has 6 nitrogen and oxygen atoms in total. The average molecular weight is 326 g/mol. The molecule has 1 atom stereocenters. The lowest BCUT2D eigenvalue weighted by Crippen LogP contribution is -2.42. The average Bonchev–Trinajstić information content (AvgIpc) is 2.53. The third kappa shape index (κ3) is 7.48. The summed E-state index contributed by atoms with van der Waals surface area (Å²) in [7, 11) is 1.35. The monoisotopic (exact) mass is 326 g/mol. The van der Waals surface area contributed by atoms with E-state index in [2.05, 4.69) is 5.32 Å². The zero-order valence-electron chi connectivity index (χ0n) is 14.6. The van der Waals surface area contributed by atoms with Crippen molar-refractivity contribution in [2.75, 3.05) is 26.7 Å². The number of ether oxygens (including phenoxy) is 1. The van der Waals surface area contributed by atoms with Crippen LogP contribution in [-0.2, 0) is 19.1 Å². The predicted molar refractivity (Wildman–Crippen MR) is 87.6 cm³/mol. The van der Waals surface area contributed by atoms with Crippen molar-refractivity contribution >= 4 is 17.8 Å². The normalized spacial score (nSPS) is 16.5. The molecule has 1 rings (SSSR count). The topological polar surface area (TPSA) is 75.7 Å². The maximum atomic E-state index is 12.6. The first-order valence-electron chi connectivity index (χ1n) is 8.54. The molecule has 1 N–H and O–H groups in total. The smallest absolute Gasteiger partial charge is 0.310 e. The molecule has 1 saturated carbocycles. The summed E-state index contributed by atoms with van der Waals surface area (Å²) in [6.07, 6.45) is 6.41. The van der Waals surface area contributed by atoms with Gasteiger partial charge in [-0.3, -0.25) is 14.4 Å². The van der Waals surface area contributed by atoms with E-state index >= 15 is 0 Å². The summed E-state index contributed by atoms with van der Waals surface area (Å²) in [5.41, 5.74) is 0. The number of amides is 2. The Morgan fingerprint density at radius 2 is 1.87 bits per heavy atom. The van der Waals surface area contributed by atoms with Gasteiger partial charge in [0.1, 0.15) is 0 Å². The fourth-order valence-electron chi connectivity index (χ4n) is 3.06. The first-order chi connectivity index (χ1) is 10.9. The Morgan fingerprint density at radius 1 is 1.22 bits per heavy atom. The second-order valence-corrected chi connectivity index (χ2v) is 6.46. The first kappa shape index (κ1) is 19.5. The molecule has 1 aliphatic carbocycles. The summed E-state index contributed by atoms with van der Waals surface area (Å²) in [6, 6.07) is 0. The second kappa shape index (κ2) is 10.2. The Kier molecular flexibility index (Phi) is 8.66. The van der Waals surface area contributed by atoms with Crippen LogP contribution in [0.1, 0.15) is 52.4 Å². The molecule has 2 amide bonds. The van der Waals surface area contributed by atoms with E-state index in [0.717, 1.165) is 12.8 Å². The van der Waals surface area contributed by atoms with Crippen LogP contribution in [0, 0.1) is 11.8 Å². The van der Waals surface area contributed by atoms with Crippen molar-refractivity contribution in [3.63, 3.8) is 0 Å². The Morgan fingerprint density at radius 3 is 2.43 bits per heavy atom. The highest BCUT2D eigenvalue weighted by Crippen LogP contribution is 2.26. The van der Waals surface area contributed by atoms with Gasteiger partial charge in [0.2, 0.25) is 11.8 Å². The van der Waals surface area contributed by atoms with Crippen molar-refractivity contribution in [3.8, 4) is 0 Å². The lowest BCUT2D eigenvalue weighted by atomic mass is 9.86. The van der Waals surface area contributed by atoms with E-state index in [1.165, 1.54) is 33.3 Å². The van der Waals surface area contributed by atoms with Crippen molar-refractivity contribution in [2.24, 2.45) is 11.8 Å². The van der Waals surface area contributed by atoms with Gasteiger partial charge in [0.05, 0.1) is 13.0 Å². The summed E-state index contributed by atoms with van der Waals surface area (Å²) in [4.78, 5) is 36.9. The van der Waals surface area contributed by atoms with Crippen LogP contribution in [0.2, 0.25) is 0 Å². The standard InChI is InChI=1S/C17H30N2O4/c1-13(17(22)23-3)12-19(10-9-18-14(2)20)16(21)11-15-7-5-4-6-8-15/h13,15H,4-12H2,1-3H3,(H,18,20). The Bertz CT molecular complexity index is 405. The number of hydrogen-bond acceptors (Lipinski definition) is 4. The molecule has 0 aliphatic heterocycles. The van der Waals surface area contributed by atoms with Crippen LogP contribution in [0.4, 0.5) is 0 Å². The van der Waals surface area contributed by atoms with E-state index in [1.807, 2.05) is 0 Å². The SMILES string of the molecule is COC(=O)C(C)CN(CCNC(C)=O)C(=O)CC1CCCCC1. The molecular formula is C17H30N2O4. The lowest BCUT2D eigenvalue weighted by molar-refractivity contribution is -0.146. The van der Waals surface area contributed by atoms with Crippen LogP contribution in [0.15, 0.2) is 0 Å². The van der Waals surface area contributed by atoms with Gasteiger partial charge in [-0.15, -0.1) is 0 Å². The number of esters is 1. The zero-order chi connectivity index (χ0) is 17.2. The minimum Gasteiger partial charge on any atom is -0.469 e. The van der Waals surface area contributed by atoms with Crippen LogP contribution < -0.4 is 5.32 Å². The van der Waals surface area contributed by atoms with Gasteiger partial charge in [-0.25, -0.2) is 0 Å². The Hall–Kier alpha value is -1.59. The largest absolute Gasteiger partial charge is 0.469 e. The zero-order valence-corrected chi connectivity index (χ0v) is 14.6. The van der Waals surface area contributed by atoms with E-state index in [9.17, 15) is 14.4 Å². The van der Waals surface area contributed by atoms with Gasteiger partial charge in [-0.1, -0.05) is 26.2 Å². The molecule has 1 fully saturated rings. The molecule has 0 bridgehead atoms.